The molecule has 1 atom stereocenters. The van der Waals surface area contributed by atoms with Gasteiger partial charge in [-0.2, -0.15) is 0 Å². The lowest BCUT2D eigenvalue weighted by Crippen LogP contribution is -2.41. The second kappa shape index (κ2) is 5.50. The maximum atomic E-state index is 11.4. The second-order valence-electron chi connectivity index (χ2n) is 3.66. The fourth-order valence-corrected chi connectivity index (χ4v) is 1.26. The molecule has 1 unspecified atom stereocenters. The Bertz CT molecular complexity index is 296. The van der Waals surface area contributed by atoms with Gasteiger partial charge in [-0.1, -0.05) is 19.0 Å². The van der Waals surface area contributed by atoms with E-state index in [0.717, 1.165) is 5.56 Å². The van der Waals surface area contributed by atoms with Crippen LogP contribution in [-0.2, 0) is 16.1 Å². The molecule has 0 aliphatic carbocycles. The van der Waals surface area contributed by atoms with E-state index in [1.807, 2.05) is 13.8 Å². The fraction of sp³-hybridized carbons (Fsp3) is 0.600. The Hall–Kier alpha value is -1.36. The summed E-state index contributed by atoms with van der Waals surface area (Å²) in [6.45, 7) is 4.46. The molecule has 84 valence electrons. The van der Waals surface area contributed by atoms with Gasteiger partial charge in [-0.15, -0.1) is 0 Å². The lowest BCUT2D eigenvalue weighted by atomic mass is 10.0. The van der Waals surface area contributed by atoms with Crippen LogP contribution in [0.15, 0.2) is 17.0 Å². The number of nitrogens with one attached hydrogen (secondary N) is 1. The Labute approximate surface area is 88.8 Å². The number of hydrogen-bond donors (Lipinski definition) is 1. The van der Waals surface area contributed by atoms with Crippen molar-refractivity contribution in [2.45, 2.75) is 26.4 Å². The van der Waals surface area contributed by atoms with E-state index in [9.17, 15) is 4.79 Å². The number of esters is 1. The summed E-state index contributed by atoms with van der Waals surface area (Å²) in [5.41, 5.74) is 0.907. The molecule has 0 saturated heterocycles. The summed E-state index contributed by atoms with van der Waals surface area (Å²) in [7, 11) is 1.39. The molecule has 1 aromatic rings. The SMILES string of the molecule is COC(=O)C(NCc1cnoc1)C(C)C. The van der Waals surface area contributed by atoms with E-state index in [-0.39, 0.29) is 17.9 Å². The average molecular weight is 212 g/mol. The van der Waals surface area contributed by atoms with Gasteiger partial charge < -0.3 is 9.26 Å². The van der Waals surface area contributed by atoms with Crippen molar-refractivity contribution in [2.75, 3.05) is 7.11 Å². The second-order valence-corrected chi connectivity index (χ2v) is 3.66. The number of nitrogens with zero attached hydrogens (tertiary/aromatic N) is 1. The largest absolute Gasteiger partial charge is 0.468 e. The van der Waals surface area contributed by atoms with E-state index in [1.165, 1.54) is 7.11 Å². The van der Waals surface area contributed by atoms with E-state index >= 15 is 0 Å². The van der Waals surface area contributed by atoms with Crippen molar-refractivity contribution in [1.29, 1.82) is 0 Å². The number of methoxy groups -OCH3 is 1. The highest BCUT2D eigenvalue weighted by molar-refractivity contribution is 5.75. The van der Waals surface area contributed by atoms with Gasteiger partial charge in [0, 0.05) is 12.1 Å². The summed E-state index contributed by atoms with van der Waals surface area (Å²) in [4.78, 5) is 11.4. The molecule has 0 aliphatic heterocycles. The first-order valence-corrected chi connectivity index (χ1v) is 4.84. The smallest absolute Gasteiger partial charge is 0.323 e. The van der Waals surface area contributed by atoms with Crippen LogP contribution >= 0.6 is 0 Å². The zero-order valence-corrected chi connectivity index (χ0v) is 9.19. The van der Waals surface area contributed by atoms with Crippen LogP contribution in [0.2, 0.25) is 0 Å². The zero-order valence-electron chi connectivity index (χ0n) is 9.19. The van der Waals surface area contributed by atoms with Gasteiger partial charge in [0.25, 0.3) is 0 Å². The van der Waals surface area contributed by atoms with Crippen molar-refractivity contribution in [3.05, 3.63) is 18.0 Å². The highest BCUT2D eigenvalue weighted by Crippen LogP contribution is 2.05. The van der Waals surface area contributed by atoms with Crippen molar-refractivity contribution in [3.8, 4) is 0 Å². The van der Waals surface area contributed by atoms with Crippen molar-refractivity contribution >= 4 is 5.97 Å². The van der Waals surface area contributed by atoms with E-state index < -0.39 is 0 Å². The molecular weight excluding hydrogens is 196 g/mol. The molecule has 0 radical (unpaired) electrons. The Balaban J connectivity index is 2.49. The summed E-state index contributed by atoms with van der Waals surface area (Å²) in [6, 6.07) is -0.301. The van der Waals surface area contributed by atoms with Crippen molar-refractivity contribution < 1.29 is 14.1 Å². The first kappa shape index (κ1) is 11.7. The van der Waals surface area contributed by atoms with Crippen molar-refractivity contribution in [1.82, 2.24) is 10.5 Å². The number of aromatic nitrogens is 1. The Kier molecular flexibility index (Phi) is 4.30. The van der Waals surface area contributed by atoms with Gasteiger partial charge in [-0.25, -0.2) is 0 Å². The predicted molar refractivity (Wildman–Crippen MR) is 54.0 cm³/mol. The Morgan fingerprint density at radius 1 is 1.67 bits per heavy atom. The first-order chi connectivity index (χ1) is 7.15. The number of hydrogen-bond acceptors (Lipinski definition) is 5. The minimum Gasteiger partial charge on any atom is -0.468 e. The van der Waals surface area contributed by atoms with Crippen molar-refractivity contribution in [3.63, 3.8) is 0 Å². The van der Waals surface area contributed by atoms with Crippen LogP contribution in [0.4, 0.5) is 0 Å². The summed E-state index contributed by atoms with van der Waals surface area (Å²) >= 11 is 0. The lowest BCUT2D eigenvalue weighted by molar-refractivity contribution is -0.144. The third-order valence-corrected chi connectivity index (χ3v) is 2.13. The maximum absolute atomic E-state index is 11.4. The van der Waals surface area contributed by atoms with Crippen LogP contribution in [0.1, 0.15) is 19.4 Å². The molecule has 1 rings (SSSR count). The average Bonchev–Trinajstić information content (AvgIpc) is 2.70. The normalized spacial score (nSPS) is 12.8. The van der Waals surface area contributed by atoms with E-state index in [2.05, 4.69) is 15.0 Å². The zero-order chi connectivity index (χ0) is 11.3. The van der Waals surface area contributed by atoms with Crippen LogP contribution in [-0.4, -0.2) is 24.3 Å². The minimum atomic E-state index is -0.301. The van der Waals surface area contributed by atoms with Crippen molar-refractivity contribution in [2.24, 2.45) is 5.92 Å². The standard InChI is InChI=1S/C10H16N2O3/c1-7(2)9(10(13)14-3)11-4-8-5-12-15-6-8/h5-7,9,11H,4H2,1-3H3. The quantitative estimate of drug-likeness (QED) is 0.736. The first-order valence-electron chi connectivity index (χ1n) is 4.84. The van der Waals surface area contributed by atoms with Crippen LogP contribution in [0.5, 0.6) is 0 Å². The van der Waals surface area contributed by atoms with Gasteiger partial charge >= 0.3 is 5.97 Å². The van der Waals surface area contributed by atoms with Crippen LogP contribution in [0, 0.1) is 5.92 Å². The highest BCUT2D eigenvalue weighted by Gasteiger charge is 2.22. The fourth-order valence-electron chi connectivity index (χ4n) is 1.26. The van der Waals surface area contributed by atoms with Gasteiger partial charge in [-0.05, 0) is 5.92 Å². The van der Waals surface area contributed by atoms with Gasteiger partial charge in [-0.3, -0.25) is 10.1 Å². The third-order valence-electron chi connectivity index (χ3n) is 2.13. The molecule has 1 aromatic heterocycles. The number of carbonyl (C=O) groups is 1. The van der Waals surface area contributed by atoms with E-state index in [1.54, 1.807) is 12.5 Å². The molecule has 0 spiro atoms. The summed E-state index contributed by atoms with van der Waals surface area (Å²) in [5.74, 6) is -0.0706. The topological polar surface area (TPSA) is 64.4 Å². The van der Waals surface area contributed by atoms with Crippen LogP contribution in [0.3, 0.4) is 0 Å². The molecule has 1 heterocycles. The number of ether oxygens (including phenoxy) is 1. The molecule has 0 fully saturated rings. The highest BCUT2D eigenvalue weighted by atomic mass is 16.5. The monoisotopic (exact) mass is 212 g/mol. The Morgan fingerprint density at radius 3 is 2.87 bits per heavy atom. The van der Waals surface area contributed by atoms with Crippen LogP contribution in [0.25, 0.3) is 0 Å². The summed E-state index contributed by atoms with van der Waals surface area (Å²) in [6.07, 6.45) is 3.16. The molecule has 0 aromatic carbocycles. The summed E-state index contributed by atoms with van der Waals surface area (Å²) < 4.78 is 9.39. The number of rotatable bonds is 5. The Morgan fingerprint density at radius 2 is 2.40 bits per heavy atom. The van der Waals surface area contributed by atoms with Gasteiger partial charge in [0.15, 0.2) is 0 Å². The molecule has 0 amide bonds. The molecular formula is C10H16N2O3. The predicted octanol–water partition coefficient (Wildman–Crippen LogP) is 0.962. The van der Waals surface area contributed by atoms with Gasteiger partial charge in [0.1, 0.15) is 12.3 Å². The minimum absolute atomic E-state index is 0.178. The van der Waals surface area contributed by atoms with E-state index in [0.29, 0.717) is 6.54 Å². The van der Waals surface area contributed by atoms with Gasteiger partial charge in [0.2, 0.25) is 0 Å². The summed E-state index contributed by atoms with van der Waals surface area (Å²) in [5, 5.41) is 6.68. The molecule has 0 aliphatic rings. The molecule has 15 heavy (non-hydrogen) atoms. The van der Waals surface area contributed by atoms with E-state index in [4.69, 9.17) is 4.74 Å². The van der Waals surface area contributed by atoms with Crippen LogP contribution < -0.4 is 5.32 Å². The molecule has 5 heteroatoms. The molecule has 0 bridgehead atoms. The maximum Gasteiger partial charge on any atom is 0.323 e. The molecule has 1 N–H and O–H groups in total. The molecule has 0 saturated carbocycles. The lowest BCUT2D eigenvalue weighted by Gasteiger charge is -2.19. The molecule has 5 nitrogen and oxygen atoms in total. The number of carbonyl (C=O) groups excluding carboxylic acids is 1. The third kappa shape index (κ3) is 3.36. The van der Waals surface area contributed by atoms with Gasteiger partial charge in [0.05, 0.1) is 13.3 Å².